The van der Waals surface area contributed by atoms with Gasteiger partial charge in [0.25, 0.3) is 0 Å². The van der Waals surface area contributed by atoms with Crippen LogP contribution in [0.2, 0.25) is 0 Å². The molecule has 4 heteroatoms. The Morgan fingerprint density at radius 1 is 1.08 bits per heavy atom. The highest BCUT2D eigenvalue weighted by atomic mass is 16.2. The van der Waals surface area contributed by atoms with E-state index in [2.05, 4.69) is 53.2 Å². The first kappa shape index (κ1) is 18.4. The fraction of sp³-hybridized carbons (Fsp3) is 0.667. The molecule has 2 saturated heterocycles. The van der Waals surface area contributed by atoms with Crippen LogP contribution < -0.4 is 5.32 Å². The van der Waals surface area contributed by atoms with Crippen molar-refractivity contribution in [3.8, 4) is 0 Å². The third kappa shape index (κ3) is 5.55. The standard InChI is InChI=1S/C21H33N3O/c1-17-9-12-24(13-10-17)21(25)8-7-19-3-5-20(6-4-19)16-23-14-11-22-18(2)15-23/h3-6,17-18,22H,7-16H2,1-2H3/t18-/m0/s1. The molecule has 1 aromatic carbocycles. The summed E-state index contributed by atoms with van der Waals surface area (Å²) in [5.74, 6) is 1.10. The quantitative estimate of drug-likeness (QED) is 0.893. The highest BCUT2D eigenvalue weighted by Crippen LogP contribution is 2.17. The van der Waals surface area contributed by atoms with Crippen LogP contribution in [-0.4, -0.2) is 54.5 Å². The van der Waals surface area contributed by atoms with Crippen LogP contribution in [0.4, 0.5) is 0 Å². The summed E-state index contributed by atoms with van der Waals surface area (Å²) in [4.78, 5) is 16.9. The second kappa shape index (κ2) is 8.81. The number of benzene rings is 1. The van der Waals surface area contributed by atoms with Gasteiger partial charge in [-0.3, -0.25) is 9.69 Å². The Morgan fingerprint density at radius 2 is 1.76 bits per heavy atom. The molecule has 0 aliphatic carbocycles. The zero-order valence-corrected chi connectivity index (χ0v) is 15.8. The normalized spacial score (nSPS) is 23.0. The van der Waals surface area contributed by atoms with Gasteiger partial charge in [0, 0.05) is 51.7 Å². The van der Waals surface area contributed by atoms with Crippen LogP contribution in [0.5, 0.6) is 0 Å². The molecule has 0 unspecified atom stereocenters. The monoisotopic (exact) mass is 343 g/mol. The molecular weight excluding hydrogens is 310 g/mol. The van der Waals surface area contributed by atoms with Gasteiger partial charge in [-0.2, -0.15) is 0 Å². The number of nitrogens with zero attached hydrogens (tertiary/aromatic N) is 2. The number of hydrogen-bond donors (Lipinski definition) is 1. The molecule has 0 spiro atoms. The van der Waals surface area contributed by atoms with Crippen molar-refractivity contribution in [1.29, 1.82) is 0 Å². The average Bonchev–Trinajstić information content (AvgIpc) is 2.61. The zero-order chi connectivity index (χ0) is 17.6. The molecule has 4 nitrogen and oxygen atoms in total. The highest BCUT2D eigenvalue weighted by Gasteiger charge is 2.20. The number of piperazine rings is 1. The van der Waals surface area contributed by atoms with E-state index in [9.17, 15) is 4.79 Å². The minimum atomic E-state index is 0.325. The Hall–Kier alpha value is -1.39. The molecular formula is C21H33N3O. The smallest absolute Gasteiger partial charge is 0.222 e. The molecule has 3 rings (SSSR count). The predicted octanol–water partition coefficient (Wildman–Crippen LogP) is 2.67. The topological polar surface area (TPSA) is 35.6 Å². The Morgan fingerprint density at radius 3 is 2.44 bits per heavy atom. The van der Waals surface area contributed by atoms with Crippen molar-refractivity contribution >= 4 is 5.91 Å². The molecule has 0 saturated carbocycles. The van der Waals surface area contributed by atoms with Crippen LogP contribution in [0.15, 0.2) is 24.3 Å². The fourth-order valence-electron chi connectivity index (χ4n) is 3.89. The van der Waals surface area contributed by atoms with Crippen LogP contribution in [0.3, 0.4) is 0 Å². The maximum atomic E-state index is 12.4. The van der Waals surface area contributed by atoms with Gasteiger partial charge in [0.05, 0.1) is 0 Å². The number of likely N-dealkylation sites (tertiary alicyclic amines) is 1. The molecule has 1 amide bonds. The second-order valence-electron chi connectivity index (χ2n) is 7.97. The predicted molar refractivity (Wildman–Crippen MR) is 102 cm³/mol. The van der Waals surface area contributed by atoms with Gasteiger partial charge in [0.2, 0.25) is 5.91 Å². The summed E-state index contributed by atoms with van der Waals surface area (Å²) in [6, 6.07) is 9.44. The third-order valence-corrected chi connectivity index (χ3v) is 5.65. The van der Waals surface area contributed by atoms with Crippen LogP contribution in [-0.2, 0) is 17.8 Å². The van der Waals surface area contributed by atoms with E-state index < -0.39 is 0 Å². The Balaban J connectivity index is 1.43. The SMILES string of the molecule is CC1CCN(C(=O)CCc2ccc(CN3CCN[C@@H](C)C3)cc2)CC1. The first-order chi connectivity index (χ1) is 12.1. The van der Waals surface area contributed by atoms with Gasteiger partial charge in [0.15, 0.2) is 0 Å². The molecule has 0 bridgehead atoms. The molecule has 138 valence electrons. The molecule has 2 fully saturated rings. The summed E-state index contributed by atoms with van der Waals surface area (Å²) in [6.07, 6.45) is 3.81. The van der Waals surface area contributed by atoms with Crippen molar-refractivity contribution in [3.05, 3.63) is 35.4 Å². The van der Waals surface area contributed by atoms with Crippen LogP contribution in [0.25, 0.3) is 0 Å². The lowest BCUT2D eigenvalue weighted by Gasteiger charge is -2.31. The van der Waals surface area contributed by atoms with Gasteiger partial charge in [-0.25, -0.2) is 0 Å². The van der Waals surface area contributed by atoms with E-state index in [0.29, 0.717) is 18.4 Å². The van der Waals surface area contributed by atoms with Crippen molar-refractivity contribution in [2.75, 3.05) is 32.7 Å². The van der Waals surface area contributed by atoms with Gasteiger partial charge in [0.1, 0.15) is 0 Å². The number of nitrogens with one attached hydrogen (secondary N) is 1. The summed E-state index contributed by atoms with van der Waals surface area (Å²) in [7, 11) is 0. The summed E-state index contributed by atoms with van der Waals surface area (Å²) in [5, 5.41) is 3.49. The summed E-state index contributed by atoms with van der Waals surface area (Å²) >= 11 is 0. The molecule has 1 aromatic rings. The number of piperidine rings is 1. The fourth-order valence-corrected chi connectivity index (χ4v) is 3.89. The molecule has 2 aliphatic rings. The van der Waals surface area contributed by atoms with E-state index in [0.717, 1.165) is 64.4 Å². The number of rotatable bonds is 5. The maximum absolute atomic E-state index is 12.4. The van der Waals surface area contributed by atoms with E-state index in [-0.39, 0.29) is 0 Å². The van der Waals surface area contributed by atoms with E-state index in [1.165, 1.54) is 11.1 Å². The maximum Gasteiger partial charge on any atom is 0.222 e. The molecule has 25 heavy (non-hydrogen) atoms. The van der Waals surface area contributed by atoms with Crippen LogP contribution in [0.1, 0.15) is 44.2 Å². The number of aryl methyl sites for hydroxylation is 1. The number of carbonyl (C=O) groups excluding carboxylic acids is 1. The number of amides is 1. The van der Waals surface area contributed by atoms with Crippen molar-refractivity contribution < 1.29 is 4.79 Å². The van der Waals surface area contributed by atoms with Gasteiger partial charge in [-0.15, -0.1) is 0 Å². The van der Waals surface area contributed by atoms with Gasteiger partial charge >= 0.3 is 0 Å². The van der Waals surface area contributed by atoms with E-state index in [1.54, 1.807) is 0 Å². The summed E-state index contributed by atoms with van der Waals surface area (Å²) < 4.78 is 0. The first-order valence-electron chi connectivity index (χ1n) is 9.91. The van der Waals surface area contributed by atoms with E-state index in [1.807, 2.05) is 0 Å². The number of hydrogen-bond acceptors (Lipinski definition) is 3. The van der Waals surface area contributed by atoms with Crippen molar-refractivity contribution in [2.24, 2.45) is 5.92 Å². The first-order valence-corrected chi connectivity index (χ1v) is 9.91. The van der Waals surface area contributed by atoms with Crippen molar-refractivity contribution in [1.82, 2.24) is 15.1 Å². The average molecular weight is 344 g/mol. The van der Waals surface area contributed by atoms with Crippen molar-refractivity contribution in [3.63, 3.8) is 0 Å². The summed E-state index contributed by atoms with van der Waals surface area (Å²) in [5.41, 5.74) is 2.64. The van der Waals surface area contributed by atoms with Gasteiger partial charge in [-0.05, 0) is 43.2 Å². The molecule has 1 atom stereocenters. The molecule has 2 aliphatic heterocycles. The minimum Gasteiger partial charge on any atom is -0.343 e. The summed E-state index contributed by atoms with van der Waals surface area (Å²) in [6.45, 7) is 10.8. The van der Waals surface area contributed by atoms with Gasteiger partial charge < -0.3 is 10.2 Å². The Bertz CT molecular complexity index is 549. The molecule has 2 heterocycles. The largest absolute Gasteiger partial charge is 0.343 e. The highest BCUT2D eigenvalue weighted by molar-refractivity contribution is 5.76. The van der Waals surface area contributed by atoms with Crippen molar-refractivity contribution in [2.45, 2.75) is 52.1 Å². The lowest BCUT2D eigenvalue weighted by Crippen LogP contribution is -2.48. The lowest BCUT2D eigenvalue weighted by atomic mass is 9.98. The molecule has 0 aromatic heterocycles. The van der Waals surface area contributed by atoms with Crippen LogP contribution in [0, 0.1) is 5.92 Å². The number of carbonyl (C=O) groups is 1. The van der Waals surface area contributed by atoms with Crippen LogP contribution >= 0.6 is 0 Å². The zero-order valence-electron chi connectivity index (χ0n) is 15.8. The molecule has 1 N–H and O–H groups in total. The minimum absolute atomic E-state index is 0.325. The second-order valence-corrected chi connectivity index (χ2v) is 7.97. The third-order valence-electron chi connectivity index (χ3n) is 5.65. The Labute approximate surface area is 152 Å². The van der Waals surface area contributed by atoms with Gasteiger partial charge in [-0.1, -0.05) is 31.2 Å². The lowest BCUT2D eigenvalue weighted by molar-refractivity contribution is -0.132. The van der Waals surface area contributed by atoms with E-state index >= 15 is 0 Å². The Kier molecular flexibility index (Phi) is 6.49. The van der Waals surface area contributed by atoms with E-state index in [4.69, 9.17) is 0 Å². The molecule has 0 radical (unpaired) electrons.